The van der Waals surface area contributed by atoms with Crippen molar-refractivity contribution in [3.05, 3.63) is 23.8 Å². The molecule has 7 nitrogen and oxygen atoms in total. The van der Waals surface area contributed by atoms with Crippen LogP contribution in [0.4, 0.5) is 29.3 Å². The van der Waals surface area contributed by atoms with Crippen molar-refractivity contribution >= 4 is 29.2 Å². The van der Waals surface area contributed by atoms with E-state index in [2.05, 4.69) is 10.6 Å². The van der Waals surface area contributed by atoms with Crippen LogP contribution in [0.5, 0.6) is 0 Å². The Hall–Kier alpha value is -2.78. The number of hydrogen-bond acceptors (Lipinski definition) is 3. The molecular formula is C18H23F3N4O3. The van der Waals surface area contributed by atoms with E-state index in [4.69, 9.17) is 0 Å². The highest BCUT2D eigenvalue weighted by Crippen LogP contribution is 2.24. The number of nitrogens with zero attached hydrogens (tertiary/aromatic N) is 1. The number of urea groups is 1. The van der Waals surface area contributed by atoms with Gasteiger partial charge in [-0.25, -0.2) is 4.79 Å². The standard InChI is InChI=1S/C18H23F3N4O3/c1-3-15(26)23-12-7-6-11(2)13(9-12)24-17(28)25-8-4-5-14(25)16(27)22-10-18(19,20)21/h6-7,9,14H,3-5,8,10H2,1-2H3,(H,22,27)(H,23,26)(H,24,28). The quantitative estimate of drug-likeness (QED) is 0.710. The molecule has 0 saturated carbocycles. The molecule has 1 aromatic carbocycles. The molecule has 1 fully saturated rings. The number of amides is 4. The van der Waals surface area contributed by atoms with E-state index in [1.54, 1.807) is 32.0 Å². The highest BCUT2D eigenvalue weighted by Gasteiger charge is 2.36. The molecule has 1 aromatic rings. The van der Waals surface area contributed by atoms with Crippen LogP contribution in [0.1, 0.15) is 31.7 Å². The fraction of sp³-hybridized carbons (Fsp3) is 0.500. The van der Waals surface area contributed by atoms with E-state index >= 15 is 0 Å². The van der Waals surface area contributed by atoms with Gasteiger partial charge in [0, 0.05) is 24.3 Å². The van der Waals surface area contributed by atoms with Gasteiger partial charge in [-0.15, -0.1) is 0 Å². The predicted octanol–water partition coefficient (Wildman–Crippen LogP) is 3.02. The van der Waals surface area contributed by atoms with Gasteiger partial charge >= 0.3 is 12.2 Å². The molecule has 0 aromatic heterocycles. The van der Waals surface area contributed by atoms with Gasteiger partial charge in [0.05, 0.1) is 0 Å². The zero-order valence-electron chi connectivity index (χ0n) is 15.7. The summed E-state index contributed by atoms with van der Waals surface area (Å²) in [6.07, 6.45) is -3.40. The molecule has 0 bridgehead atoms. The molecule has 1 aliphatic heterocycles. The van der Waals surface area contributed by atoms with Crippen LogP contribution in [0.3, 0.4) is 0 Å². The third-order valence-electron chi connectivity index (χ3n) is 4.36. The average Bonchev–Trinajstić information content (AvgIpc) is 3.11. The predicted molar refractivity (Wildman–Crippen MR) is 97.9 cm³/mol. The van der Waals surface area contributed by atoms with Crippen molar-refractivity contribution in [2.45, 2.75) is 45.3 Å². The Bertz CT molecular complexity index is 752. The van der Waals surface area contributed by atoms with Crippen LogP contribution in [0.2, 0.25) is 0 Å². The van der Waals surface area contributed by atoms with Crippen LogP contribution >= 0.6 is 0 Å². The summed E-state index contributed by atoms with van der Waals surface area (Å²) >= 11 is 0. The van der Waals surface area contributed by atoms with Crippen LogP contribution < -0.4 is 16.0 Å². The third-order valence-corrected chi connectivity index (χ3v) is 4.36. The fourth-order valence-electron chi connectivity index (χ4n) is 2.86. The topological polar surface area (TPSA) is 90.5 Å². The van der Waals surface area contributed by atoms with Crippen molar-refractivity contribution in [3.63, 3.8) is 0 Å². The lowest BCUT2D eigenvalue weighted by Gasteiger charge is -2.25. The first-order valence-electron chi connectivity index (χ1n) is 8.93. The van der Waals surface area contributed by atoms with Gasteiger partial charge < -0.3 is 20.9 Å². The molecule has 0 spiro atoms. The van der Waals surface area contributed by atoms with Gasteiger partial charge in [-0.2, -0.15) is 13.2 Å². The highest BCUT2D eigenvalue weighted by molar-refractivity contribution is 5.96. The first-order valence-corrected chi connectivity index (χ1v) is 8.93. The third kappa shape index (κ3) is 5.86. The number of hydrogen-bond donors (Lipinski definition) is 3. The molecule has 1 unspecified atom stereocenters. The lowest BCUT2D eigenvalue weighted by atomic mass is 10.1. The first kappa shape index (κ1) is 21.5. The summed E-state index contributed by atoms with van der Waals surface area (Å²) in [7, 11) is 0. The van der Waals surface area contributed by atoms with Gasteiger partial charge in [0.15, 0.2) is 0 Å². The molecule has 3 N–H and O–H groups in total. The van der Waals surface area contributed by atoms with Gasteiger partial charge in [0.2, 0.25) is 11.8 Å². The number of halogens is 3. The van der Waals surface area contributed by atoms with Crippen molar-refractivity contribution < 1.29 is 27.6 Å². The number of aryl methyl sites for hydroxylation is 1. The van der Waals surface area contributed by atoms with E-state index in [9.17, 15) is 27.6 Å². The summed E-state index contributed by atoms with van der Waals surface area (Å²) in [5, 5.41) is 7.19. The Balaban J connectivity index is 2.06. The smallest absolute Gasteiger partial charge is 0.345 e. The summed E-state index contributed by atoms with van der Waals surface area (Å²) in [6, 6.07) is 3.48. The Morgan fingerprint density at radius 3 is 2.57 bits per heavy atom. The summed E-state index contributed by atoms with van der Waals surface area (Å²) in [4.78, 5) is 37.4. The largest absolute Gasteiger partial charge is 0.405 e. The number of nitrogens with one attached hydrogen (secondary N) is 3. The summed E-state index contributed by atoms with van der Waals surface area (Å²) in [6.45, 7) is 2.30. The minimum atomic E-state index is -4.51. The molecular weight excluding hydrogens is 377 g/mol. The van der Waals surface area contributed by atoms with Gasteiger partial charge in [0.1, 0.15) is 12.6 Å². The number of alkyl halides is 3. The molecule has 1 aliphatic rings. The summed E-state index contributed by atoms with van der Waals surface area (Å²) in [5.41, 5.74) is 1.69. The lowest BCUT2D eigenvalue weighted by Crippen LogP contribution is -2.49. The highest BCUT2D eigenvalue weighted by atomic mass is 19.4. The van der Waals surface area contributed by atoms with E-state index < -0.39 is 30.7 Å². The van der Waals surface area contributed by atoms with Crippen molar-refractivity contribution in [2.75, 3.05) is 23.7 Å². The van der Waals surface area contributed by atoms with Crippen LogP contribution in [-0.4, -0.2) is 48.1 Å². The van der Waals surface area contributed by atoms with E-state index in [1.165, 1.54) is 4.90 Å². The maximum absolute atomic E-state index is 12.6. The number of likely N-dealkylation sites (tertiary alicyclic amines) is 1. The van der Waals surface area contributed by atoms with Crippen LogP contribution in [0, 0.1) is 6.92 Å². The second-order valence-corrected chi connectivity index (χ2v) is 6.55. The molecule has 28 heavy (non-hydrogen) atoms. The molecule has 1 heterocycles. The summed E-state index contributed by atoms with van der Waals surface area (Å²) < 4.78 is 36.9. The molecule has 2 rings (SSSR count). The minimum absolute atomic E-state index is 0.179. The molecule has 1 saturated heterocycles. The van der Waals surface area contributed by atoms with E-state index in [0.717, 1.165) is 5.56 Å². The Morgan fingerprint density at radius 1 is 1.21 bits per heavy atom. The number of anilines is 2. The van der Waals surface area contributed by atoms with Gasteiger partial charge in [-0.3, -0.25) is 9.59 Å². The zero-order valence-corrected chi connectivity index (χ0v) is 15.7. The van der Waals surface area contributed by atoms with Crippen LogP contribution in [0.15, 0.2) is 18.2 Å². The molecule has 0 aliphatic carbocycles. The molecule has 0 radical (unpaired) electrons. The second kappa shape index (κ2) is 8.94. The summed E-state index contributed by atoms with van der Waals surface area (Å²) in [5.74, 6) is -1.01. The van der Waals surface area contributed by atoms with Gasteiger partial charge in [-0.05, 0) is 37.5 Å². The Labute approximate surface area is 160 Å². The molecule has 4 amide bonds. The molecule has 154 valence electrons. The minimum Gasteiger partial charge on any atom is -0.345 e. The molecule has 10 heteroatoms. The number of carbonyl (C=O) groups excluding carboxylic acids is 3. The SMILES string of the molecule is CCC(=O)Nc1ccc(C)c(NC(=O)N2CCCC2C(=O)NCC(F)(F)F)c1. The first-order chi connectivity index (χ1) is 13.1. The lowest BCUT2D eigenvalue weighted by molar-refractivity contribution is -0.140. The Morgan fingerprint density at radius 2 is 1.93 bits per heavy atom. The van der Waals surface area contributed by atoms with Crippen molar-refractivity contribution in [2.24, 2.45) is 0 Å². The Kier molecular flexibility index (Phi) is 6.87. The average molecular weight is 400 g/mol. The van der Waals surface area contributed by atoms with E-state index in [-0.39, 0.29) is 12.5 Å². The second-order valence-electron chi connectivity index (χ2n) is 6.55. The van der Waals surface area contributed by atoms with E-state index in [1.807, 2.05) is 5.32 Å². The maximum atomic E-state index is 12.6. The number of benzene rings is 1. The maximum Gasteiger partial charge on any atom is 0.405 e. The number of rotatable bonds is 5. The van der Waals surface area contributed by atoms with Crippen LogP contribution in [0.25, 0.3) is 0 Å². The van der Waals surface area contributed by atoms with Crippen molar-refractivity contribution in [1.82, 2.24) is 10.2 Å². The van der Waals surface area contributed by atoms with Crippen molar-refractivity contribution in [3.8, 4) is 0 Å². The number of carbonyl (C=O) groups is 3. The monoisotopic (exact) mass is 400 g/mol. The van der Waals surface area contributed by atoms with Gasteiger partial charge in [0.25, 0.3) is 0 Å². The zero-order chi connectivity index (χ0) is 20.9. The normalized spacial score (nSPS) is 16.6. The van der Waals surface area contributed by atoms with E-state index in [0.29, 0.717) is 30.6 Å². The van der Waals surface area contributed by atoms with Crippen LogP contribution in [-0.2, 0) is 9.59 Å². The molecule has 1 atom stereocenters. The fourth-order valence-corrected chi connectivity index (χ4v) is 2.86. The van der Waals surface area contributed by atoms with Gasteiger partial charge in [-0.1, -0.05) is 13.0 Å². The van der Waals surface area contributed by atoms with Crippen molar-refractivity contribution in [1.29, 1.82) is 0 Å².